The van der Waals surface area contributed by atoms with Crippen LogP contribution in [0.15, 0.2) is 29.2 Å². The van der Waals surface area contributed by atoms with Gasteiger partial charge >= 0.3 is 5.97 Å². The average molecular weight is 330 g/mol. The molecule has 0 aromatic heterocycles. The van der Waals surface area contributed by atoms with Crippen LogP contribution in [0.2, 0.25) is 0 Å². The van der Waals surface area contributed by atoms with Crippen LogP contribution in [0.3, 0.4) is 0 Å². The molecule has 1 aromatic rings. The summed E-state index contributed by atoms with van der Waals surface area (Å²) in [5, 5.41) is 8.90. The Kier molecular flexibility index (Phi) is 5.66. The Labute approximate surface area is 128 Å². The molecule has 0 saturated carbocycles. The number of carbonyl (C=O) groups is 1. The van der Waals surface area contributed by atoms with Crippen molar-refractivity contribution in [3.05, 3.63) is 29.8 Å². The van der Waals surface area contributed by atoms with Crippen molar-refractivity contribution >= 4 is 27.6 Å². The van der Waals surface area contributed by atoms with E-state index in [1.807, 2.05) is 0 Å². The third-order valence-electron chi connectivity index (χ3n) is 3.26. The molecule has 0 bridgehead atoms. The number of carboxylic acid groups (broad SMARTS) is 1. The van der Waals surface area contributed by atoms with E-state index in [2.05, 4.69) is 0 Å². The quantitative estimate of drug-likeness (QED) is 0.771. The minimum atomic E-state index is -3.44. The molecular weight excluding hydrogens is 312 g/mol. The predicted molar refractivity (Wildman–Crippen MR) is 81.8 cm³/mol. The van der Waals surface area contributed by atoms with Gasteiger partial charge < -0.3 is 9.84 Å². The largest absolute Gasteiger partial charge is 0.478 e. The monoisotopic (exact) mass is 330 g/mol. The summed E-state index contributed by atoms with van der Waals surface area (Å²) in [6, 6.07) is 5.48. The van der Waals surface area contributed by atoms with Crippen LogP contribution < -0.4 is 0 Å². The third-order valence-corrected chi connectivity index (χ3v) is 6.34. The Morgan fingerprint density at radius 3 is 2.90 bits per heavy atom. The lowest BCUT2D eigenvalue weighted by molar-refractivity contribution is 0.0696. The van der Waals surface area contributed by atoms with Crippen molar-refractivity contribution in [2.75, 3.05) is 23.9 Å². The zero-order chi connectivity index (χ0) is 15.3. The fourth-order valence-electron chi connectivity index (χ4n) is 2.10. The number of rotatable bonds is 7. The predicted octanol–water partition coefficient (Wildman–Crippen LogP) is 2.07. The highest BCUT2D eigenvalue weighted by atomic mass is 32.2. The molecule has 1 atom stereocenters. The van der Waals surface area contributed by atoms with E-state index in [-0.39, 0.29) is 22.3 Å². The fraction of sp³-hybridized carbons (Fsp3) is 0.500. The van der Waals surface area contributed by atoms with Gasteiger partial charge in [-0.3, -0.25) is 0 Å². The van der Waals surface area contributed by atoms with Crippen molar-refractivity contribution in [3.8, 4) is 0 Å². The molecule has 1 fully saturated rings. The summed E-state index contributed by atoms with van der Waals surface area (Å²) in [5.74, 6) is 0.178. The molecule has 1 unspecified atom stereocenters. The van der Waals surface area contributed by atoms with Crippen LogP contribution in [0.25, 0.3) is 0 Å². The molecule has 0 aliphatic carbocycles. The highest BCUT2D eigenvalue weighted by molar-refractivity contribution is 8.00. The number of thioether (sulfide) groups is 1. The van der Waals surface area contributed by atoms with E-state index in [4.69, 9.17) is 9.84 Å². The van der Waals surface area contributed by atoms with E-state index in [0.717, 1.165) is 25.2 Å². The lowest BCUT2D eigenvalue weighted by atomic mass is 10.2. The van der Waals surface area contributed by atoms with Gasteiger partial charge in [0.1, 0.15) is 0 Å². The maximum absolute atomic E-state index is 12.2. The van der Waals surface area contributed by atoms with E-state index in [0.29, 0.717) is 5.75 Å². The second-order valence-electron chi connectivity index (χ2n) is 4.86. The molecule has 1 aromatic carbocycles. The van der Waals surface area contributed by atoms with E-state index in [1.54, 1.807) is 11.8 Å². The first-order valence-electron chi connectivity index (χ1n) is 6.74. The highest BCUT2D eigenvalue weighted by Gasteiger charge is 2.18. The standard InChI is InChI=1S/C14H18O5S2/c15-14(16)11-3-1-5-13(9-11)21(17,18)8-7-20-10-12-4-2-6-19-12/h1,3,5,9,12H,2,4,6-8,10H2,(H,15,16). The van der Waals surface area contributed by atoms with Gasteiger partial charge in [-0.25, -0.2) is 13.2 Å². The van der Waals surface area contributed by atoms with Crippen molar-refractivity contribution in [3.63, 3.8) is 0 Å². The fourth-order valence-corrected chi connectivity index (χ4v) is 4.97. The Balaban J connectivity index is 1.88. The van der Waals surface area contributed by atoms with Crippen molar-refractivity contribution in [2.24, 2.45) is 0 Å². The van der Waals surface area contributed by atoms with Crippen LogP contribution in [0.5, 0.6) is 0 Å². The van der Waals surface area contributed by atoms with Crippen molar-refractivity contribution in [1.82, 2.24) is 0 Å². The van der Waals surface area contributed by atoms with Crippen molar-refractivity contribution in [2.45, 2.75) is 23.8 Å². The molecule has 2 rings (SSSR count). The molecule has 1 heterocycles. The Morgan fingerprint density at radius 2 is 2.24 bits per heavy atom. The number of carboxylic acids is 1. The zero-order valence-corrected chi connectivity index (χ0v) is 13.2. The van der Waals surface area contributed by atoms with Crippen LogP contribution in [0.4, 0.5) is 0 Å². The second-order valence-corrected chi connectivity index (χ2v) is 8.12. The summed E-state index contributed by atoms with van der Waals surface area (Å²) >= 11 is 1.56. The van der Waals surface area contributed by atoms with Gasteiger partial charge in [-0.15, -0.1) is 0 Å². The van der Waals surface area contributed by atoms with E-state index in [1.165, 1.54) is 24.3 Å². The maximum Gasteiger partial charge on any atom is 0.335 e. The van der Waals surface area contributed by atoms with Crippen LogP contribution >= 0.6 is 11.8 Å². The van der Waals surface area contributed by atoms with Crippen LogP contribution in [-0.4, -0.2) is 49.5 Å². The number of hydrogen-bond acceptors (Lipinski definition) is 5. The SMILES string of the molecule is O=C(O)c1cccc(S(=O)(=O)CCSCC2CCCO2)c1. The van der Waals surface area contributed by atoms with Crippen molar-refractivity contribution in [1.29, 1.82) is 0 Å². The molecule has 7 heteroatoms. The number of hydrogen-bond donors (Lipinski definition) is 1. The second kappa shape index (κ2) is 7.29. The molecule has 0 spiro atoms. The number of benzene rings is 1. The summed E-state index contributed by atoms with van der Waals surface area (Å²) in [6.45, 7) is 0.797. The minimum Gasteiger partial charge on any atom is -0.478 e. The molecule has 1 aliphatic heterocycles. The van der Waals surface area contributed by atoms with E-state index >= 15 is 0 Å². The lowest BCUT2D eigenvalue weighted by Crippen LogP contribution is -2.13. The first kappa shape index (κ1) is 16.3. The average Bonchev–Trinajstić information content (AvgIpc) is 2.97. The lowest BCUT2D eigenvalue weighted by Gasteiger charge is -2.09. The van der Waals surface area contributed by atoms with Gasteiger partial charge in [-0.1, -0.05) is 6.07 Å². The summed E-state index contributed by atoms with van der Waals surface area (Å²) < 4.78 is 29.8. The third kappa shape index (κ3) is 4.72. The van der Waals surface area contributed by atoms with Crippen LogP contribution in [0.1, 0.15) is 23.2 Å². The molecule has 116 valence electrons. The molecular formula is C14H18O5S2. The molecule has 1 aliphatic rings. The van der Waals surface area contributed by atoms with E-state index in [9.17, 15) is 13.2 Å². The minimum absolute atomic E-state index is 0.00740. The topological polar surface area (TPSA) is 80.7 Å². The summed E-state index contributed by atoms with van der Waals surface area (Å²) in [4.78, 5) is 10.9. The van der Waals surface area contributed by atoms with Gasteiger partial charge in [0.15, 0.2) is 9.84 Å². The van der Waals surface area contributed by atoms with Gasteiger partial charge in [-0.2, -0.15) is 11.8 Å². The van der Waals surface area contributed by atoms with Gasteiger partial charge in [0, 0.05) is 18.1 Å². The van der Waals surface area contributed by atoms with Gasteiger partial charge in [0.2, 0.25) is 0 Å². The normalized spacial score (nSPS) is 18.8. The molecule has 0 amide bonds. The highest BCUT2D eigenvalue weighted by Crippen LogP contribution is 2.19. The molecule has 0 radical (unpaired) electrons. The van der Waals surface area contributed by atoms with Gasteiger partial charge in [0.25, 0.3) is 0 Å². The Morgan fingerprint density at radius 1 is 1.43 bits per heavy atom. The number of ether oxygens (including phenoxy) is 1. The van der Waals surface area contributed by atoms with Gasteiger partial charge in [0.05, 0.1) is 22.3 Å². The number of aromatic carboxylic acids is 1. The molecule has 1 saturated heterocycles. The summed E-state index contributed by atoms with van der Waals surface area (Å²) in [5.41, 5.74) is -0.0110. The summed E-state index contributed by atoms with van der Waals surface area (Å²) in [7, 11) is -3.44. The first-order valence-corrected chi connectivity index (χ1v) is 9.55. The first-order chi connectivity index (χ1) is 9.99. The summed E-state index contributed by atoms with van der Waals surface area (Å²) in [6.07, 6.45) is 2.36. The molecule has 5 nitrogen and oxygen atoms in total. The van der Waals surface area contributed by atoms with Crippen LogP contribution in [-0.2, 0) is 14.6 Å². The maximum atomic E-state index is 12.2. The van der Waals surface area contributed by atoms with Crippen molar-refractivity contribution < 1.29 is 23.1 Å². The van der Waals surface area contributed by atoms with Gasteiger partial charge in [-0.05, 0) is 31.0 Å². The molecule has 1 N–H and O–H groups in total. The van der Waals surface area contributed by atoms with Crippen LogP contribution in [0, 0.1) is 0 Å². The van der Waals surface area contributed by atoms with E-state index < -0.39 is 15.8 Å². The Hall–Kier alpha value is -1.05. The Bertz CT molecular complexity index is 591. The molecule has 21 heavy (non-hydrogen) atoms. The number of sulfone groups is 1. The smallest absolute Gasteiger partial charge is 0.335 e. The zero-order valence-electron chi connectivity index (χ0n) is 11.5.